The minimum Gasteiger partial charge on any atom is -0.497 e. The number of methoxy groups -OCH3 is 1. The van der Waals surface area contributed by atoms with Gasteiger partial charge in [-0.2, -0.15) is 0 Å². The van der Waals surface area contributed by atoms with E-state index in [2.05, 4.69) is 22.4 Å². The van der Waals surface area contributed by atoms with Gasteiger partial charge in [0.1, 0.15) is 5.75 Å². The van der Waals surface area contributed by atoms with E-state index < -0.39 is 0 Å². The predicted octanol–water partition coefficient (Wildman–Crippen LogP) is 4.79. The van der Waals surface area contributed by atoms with Gasteiger partial charge in [0, 0.05) is 42.1 Å². The van der Waals surface area contributed by atoms with Crippen molar-refractivity contribution >= 4 is 22.7 Å². The number of carbonyl (C=O) groups excluding carboxylic acids is 2. The van der Waals surface area contributed by atoms with Gasteiger partial charge in [-0.1, -0.05) is 18.2 Å². The van der Waals surface area contributed by atoms with Crippen molar-refractivity contribution in [3.05, 3.63) is 78.3 Å². The summed E-state index contributed by atoms with van der Waals surface area (Å²) in [6.45, 7) is 1.21. The number of rotatable bonds is 7. The molecule has 7 nitrogen and oxygen atoms in total. The summed E-state index contributed by atoms with van der Waals surface area (Å²) in [7, 11) is 1.66. The maximum atomic E-state index is 12.8. The van der Waals surface area contributed by atoms with Crippen LogP contribution >= 0.6 is 0 Å². The summed E-state index contributed by atoms with van der Waals surface area (Å²) in [5.74, 6) is 1.11. The zero-order chi connectivity index (χ0) is 24.2. The molecule has 0 aliphatic carbocycles. The van der Waals surface area contributed by atoms with Crippen LogP contribution in [-0.4, -0.2) is 47.9 Å². The van der Waals surface area contributed by atoms with E-state index in [0.717, 1.165) is 46.3 Å². The Bertz CT molecular complexity index is 1300. The fraction of sp³-hybridized carbons (Fsp3) is 0.286. The lowest BCUT2D eigenvalue weighted by atomic mass is 10.00. The number of likely N-dealkylation sites (tertiary alicyclic amines) is 1. The Morgan fingerprint density at radius 1 is 1.06 bits per heavy atom. The molecule has 4 aromatic rings. The molecular weight excluding hydrogens is 442 g/mol. The Kier molecular flexibility index (Phi) is 6.57. The molecule has 35 heavy (non-hydrogen) atoms. The van der Waals surface area contributed by atoms with Crippen molar-refractivity contribution < 1.29 is 18.7 Å². The van der Waals surface area contributed by atoms with Gasteiger partial charge in [0.05, 0.1) is 13.4 Å². The minimum absolute atomic E-state index is 0.0340. The molecule has 2 aromatic heterocycles. The van der Waals surface area contributed by atoms with Crippen LogP contribution in [0.1, 0.15) is 35.4 Å². The molecule has 0 bridgehead atoms. The van der Waals surface area contributed by atoms with Gasteiger partial charge < -0.3 is 24.4 Å². The van der Waals surface area contributed by atoms with Gasteiger partial charge in [-0.25, -0.2) is 0 Å². The van der Waals surface area contributed by atoms with E-state index in [1.807, 2.05) is 36.4 Å². The number of aromatic nitrogens is 1. The number of ether oxygens (including phenoxy) is 1. The molecule has 0 saturated carbocycles. The number of hydrogen-bond donors (Lipinski definition) is 2. The van der Waals surface area contributed by atoms with E-state index in [1.165, 1.54) is 6.26 Å². The summed E-state index contributed by atoms with van der Waals surface area (Å²) in [6.07, 6.45) is 4.02. The highest BCUT2D eigenvalue weighted by atomic mass is 16.5. The topological polar surface area (TPSA) is 87.6 Å². The van der Waals surface area contributed by atoms with Crippen LogP contribution in [0.3, 0.4) is 0 Å². The summed E-state index contributed by atoms with van der Waals surface area (Å²) < 4.78 is 10.5. The molecule has 3 heterocycles. The van der Waals surface area contributed by atoms with Crippen LogP contribution in [0.2, 0.25) is 0 Å². The van der Waals surface area contributed by atoms with Gasteiger partial charge in [-0.15, -0.1) is 0 Å². The number of fused-ring (bicyclic) bond motifs is 1. The van der Waals surface area contributed by atoms with Crippen molar-refractivity contribution in [1.82, 2.24) is 15.2 Å². The van der Waals surface area contributed by atoms with Crippen molar-refractivity contribution in [2.75, 3.05) is 20.2 Å². The van der Waals surface area contributed by atoms with E-state index >= 15 is 0 Å². The average Bonchev–Trinajstić information content (AvgIpc) is 3.56. The molecule has 2 N–H and O–H groups in total. The lowest BCUT2D eigenvalue weighted by molar-refractivity contribution is -0.122. The summed E-state index contributed by atoms with van der Waals surface area (Å²) in [6, 6.07) is 19.6. The van der Waals surface area contributed by atoms with Crippen LogP contribution in [0.4, 0.5) is 0 Å². The van der Waals surface area contributed by atoms with Crippen molar-refractivity contribution in [3.63, 3.8) is 0 Å². The maximum absolute atomic E-state index is 12.8. The Morgan fingerprint density at radius 3 is 2.54 bits per heavy atom. The lowest BCUT2D eigenvalue weighted by Gasteiger charge is -2.31. The van der Waals surface area contributed by atoms with Gasteiger partial charge in [-0.3, -0.25) is 9.59 Å². The Labute approximate surface area is 204 Å². The Balaban J connectivity index is 1.22. The molecule has 2 amide bonds. The molecule has 1 fully saturated rings. The summed E-state index contributed by atoms with van der Waals surface area (Å²) >= 11 is 0. The van der Waals surface area contributed by atoms with Crippen LogP contribution in [0.15, 0.2) is 71.3 Å². The summed E-state index contributed by atoms with van der Waals surface area (Å²) in [4.78, 5) is 30.6. The number of furan rings is 1. The van der Waals surface area contributed by atoms with E-state index in [9.17, 15) is 9.59 Å². The van der Waals surface area contributed by atoms with Crippen LogP contribution < -0.4 is 10.1 Å². The first-order valence-electron chi connectivity index (χ1n) is 12.0. The summed E-state index contributed by atoms with van der Waals surface area (Å²) in [5, 5.41) is 4.31. The van der Waals surface area contributed by atoms with E-state index in [-0.39, 0.29) is 17.9 Å². The number of carbonyl (C=O) groups is 2. The maximum Gasteiger partial charge on any atom is 0.289 e. The molecule has 0 radical (unpaired) electrons. The van der Waals surface area contributed by atoms with Gasteiger partial charge in [0.15, 0.2) is 5.76 Å². The first-order chi connectivity index (χ1) is 17.1. The predicted molar refractivity (Wildman–Crippen MR) is 134 cm³/mol. The number of amides is 2. The van der Waals surface area contributed by atoms with E-state index in [0.29, 0.717) is 31.7 Å². The van der Waals surface area contributed by atoms with Gasteiger partial charge in [0.2, 0.25) is 5.91 Å². The largest absolute Gasteiger partial charge is 0.497 e. The molecule has 2 aromatic carbocycles. The zero-order valence-electron chi connectivity index (χ0n) is 19.8. The molecular formula is C28H29N3O4. The smallest absolute Gasteiger partial charge is 0.289 e. The molecule has 0 unspecified atom stereocenters. The molecule has 180 valence electrons. The van der Waals surface area contributed by atoms with E-state index in [1.54, 1.807) is 24.1 Å². The number of aryl methyl sites for hydroxylation is 1. The van der Waals surface area contributed by atoms with Gasteiger partial charge >= 0.3 is 0 Å². The first kappa shape index (κ1) is 22.8. The van der Waals surface area contributed by atoms with Crippen LogP contribution in [0.25, 0.3) is 22.2 Å². The Hall–Kier alpha value is -4.00. The third-order valence-electron chi connectivity index (χ3n) is 6.67. The normalized spacial score (nSPS) is 14.3. The monoisotopic (exact) mass is 471 g/mol. The van der Waals surface area contributed by atoms with E-state index in [4.69, 9.17) is 9.15 Å². The highest BCUT2D eigenvalue weighted by Gasteiger charge is 2.26. The van der Waals surface area contributed by atoms with Crippen LogP contribution in [0.5, 0.6) is 5.75 Å². The van der Waals surface area contributed by atoms with Gasteiger partial charge in [-0.05, 0) is 72.9 Å². The Morgan fingerprint density at radius 2 is 1.83 bits per heavy atom. The first-order valence-corrected chi connectivity index (χ1v) is 12.0. The molecule has 1 aliphatic heterocycles. The number of nitrogens with zero attached hydrogens (tertiary/aromatic N) is 1. The van der Waals surface area contributed by atoms with Crippen molar-refractivity contribution in [1.29, 1.82) is 0 Å². The molecule has 0 spiro atoms. The molecule has 7 heteroatoms. The standard InChI is InChI=1S/C28H29N3O4/c1-34-21-10-8-19(9-11-21)27-23(22-5-2-3-6-24(22)30-27)12-13-26(32)29-20-14-16-31(17-15-20)28(33)25-7-4-18-35-25/h2-11,18,20,30H,12-17H2,1H3,(H,29,32). The summed E-state index contributed by atoms with van der Waals surface area (Å²) in [5.41, 5.74) is 4.29. The molecule has 1 saturated heterocycles. The molecule has 1 aliphatic rings. The van der Waals surface area contributed by atoms with Crippen molar-refractivity contribution in [2.45, 2.75) is 31.7 Å². The fourth-order valence-electron chi connectivity index (χ4n) is 4.79. The quantitative estimate of drug-likeness (QED) is 0.406. The van der Waals surface area contributed by atoms with Crippen LogP contribution in [-0.2, 0) is 11.2 Å². The SMILES string of the molecule is COc1ccc(-c2[nH]c3ccccc3c2CCC(=O)NC2CCN(C(=O)c3ccco3)CC2)cc1. The number of H-pyrrole nitrogens is 1. The number of benzene rings is 2. The zero-order valence-corrected chi connectivity index (χ0v) is 19.8. The van der Waals surface area contributed by atoms with Crippen molar-refractivity contribution in [3.8, 4) is 17.0 Å². The fourth-order valence-corrected chi connectivity index (χ4v) is 4.79. The minimum atomic E-state index is -0.0924. The molecule has 0 atom stereocenters. The van der Waals surface area contributed by atoms with Crippen LogP contribution in [0, 0.1) is 0 Å². The second kappa shape index (κ2) is 10.1. The highest BCUT2D eigenvalue weighted by molar-refractivity contribution is 5.92. The number of piperidine rings is 1. The number of para-hydroxylation sites is 1. The lowest BCUT2D eigenvalue weighted by Crippen LogP contribution is -2.46. The number of aromatic amines is 1. The number of hydrogen-bond acceptors (Lipinski definition) is 4. The van der Waals surface area contributed by atoms with Crippen molar-refractivity contribution in [2.24, 2.45) is 0 Å². The second-order valence-electron chi connectivity index (χ2n) is 8.86. The third kappa shape index (κ3) is 4.94. The third-order valence-corrected chi connectivity index (χ3v) is 6.67. The second-order valence-corrected chi connectivity index (χ2v) is 8.86. The number of nitrogens with one attached hydrogen (secondary N) is 2. The highest BCUT2D eigenvalue weighted by Crippen LogP contribution is 2.32. The van der Waals surface area contributed by atoms with Gasteiger partial charge in [0.25, 0.3) is 5.91 Å². The average molecular weight is 472 g/mol. The molecule has 5 rings (SSSR count).